The molecular weight excluding hydrogens is 428 g/mol. The van der Waals surface area contributed by atoms with Crippen LogP contribution in [0, 0.1) is 39.9 Å². The summed E-state index contributed by atoms with van der Waals surface area (Å²) in [6.45, 7) is 8.01. The number of aliphatic hydroxyl groups is 2. The molecule has 0 radical (unpaired) electrons. The first-order valence-electron chi connectivity index (χ1n) is 13.4. The standard InChI is InChI=1S/C28H44N2O4/c1-25(33)9-12-28(18-34-4)20(13-25)5-6-22-21-7-8-23(26(21,2)10-11-27(22,28)3)24(32)16-30-15-19(17-31)14-29-30/h14-15,20-23,31,33H,5-13,16-18H2,1-4H3/t20-,21-,22-,23+,25+,26-,27-,28+/m0/s1. The number of methoxy groups -OCH3 is 1. The molecule has 1 aromatic heterocycles. The zero-order valence-corrected chi connectivity index (χ0v) is 21.6. The summed E-state index contributed by atoms with van der Waals surface area (Å²) < 4.78 is 7.63. The van der Waals surface area contributed by atoms with Crippen LogP contribution in [0.4, 0.5) is 0 Å². The second kappa shape index (κ2) is 8.41. The van der Waals surface area contributed by atoms with E-state index in [1.807, 2.05) is 14.0 Å². The monoisotopic (exact) mass is 472 g/mol. The van der Waals surface area contributed by atoms with Gasteiger partial charge >= 0.3 is 0 Å². The number of rotatable bonds is 6. The average Bonchev–Trinajstić information content (AvgIpc) is 3.38. The van der Waals surface area contributed by atoms with Crippen LogP contribution in [-0.4, -0.2) is 45.1 Å². The van der Waals surface area contributed by atoms with Gasteiger partial charge in [0.05, 0.1) is 31.6 Å². The van der Waals surface area contributed by atoms with Crippen LogP contribution in [0.5, 0.6) is 0 Å². The van der Waals surface area contributed by atoms with Gasteiger partial charge in [-0.05, 0) is 93.3 Å². The van der Waals surface area contributed by atoms with E-state index in [9.17, 15) is 15.0 Å². The van der Waals surface area contributed by atoms with E-state index in [4.69, 9.17) is 4.74 Å². The molecule has 4 aliphatic rings. The Hall–Kier alpha value is -1.24. The number of Topliss-reactive ketones (excluding diaryl/α,β-unsaturated/α-hetero) is 1. The molecule has 8 atom stereocenters. The molecule has 0 unspecified atom stereocenters. The Bertz CT molecular complexity index is 927. The molecule has 6 heteroatoms. The number of nitrogens with zero attached hydrogens (tertiary/aromatic N) is 2. The van der Waals surface area contributed by atoms with Crippen molar-refractivity contribution in [1.29, 1.82) is 0 Å². The van der Waals surface area contributed by atoms with Crippen molar-refractivity contribution in [3.8, 4) is 0 Å². The lowest BCUT2D eigenvalue weighted by Crippen LogP contribution is -2.63. The highest BCUT2D eigenvalue weighted by atomic mass is 16.5. The molecule has 0 saturated heterocycles. The summed E-state index contributed by atoms with van der Waals surface area (Å²) in [7, 11) is 1.85. The van der Waals surface area contributed by atoms with Crippen LogP contribution in [0.2, 0.25) is 0 Å². The van der Waals surface area contributed by atoms with Gasteiger partial charge in [0.1, 0.15) is 0 Å². The summed E-state index contributed by atoms with van der Waals surface area (Å²) in [6, 6.07) is 0. The molecule has 0 amide bonds. The molecule has 34 heavy (non-hydrogen) atoms. The fraction of sp³-hybridized carbons (Fsp3) is 0.857. The molecule has 6 nitrogen and oxygen atoms in total. The van der Waals surface area contributed by atoms with Gasteiger partial charge in [-0.25, -0.2) is 0 Å². The molecular formula is C28H44N2O4. The molecule has 4 aliphatic carbocycles. The Morgan fingerprint density at radius 1 is 1.12 bits per heavy atom. The van der Waals surface area contributed by atoms with Crippen molar-refractivity contribution in [2.45, 2.75) is 97.3 Å². The fourth-order valence-corrected chi connectivity index (χ4v) is 9.60. The second-order valence-corrected chi connectivity index (χ2v) is 13.0. The number of ketones is 1. The normalized spacial score (nSPS) is 45.9. The zero-order chi connectivity index (χ0) is 24.4. The quantitative estimate of drug-likeness (QED) is 0.642. The number of fused-ring (bicyclic) bond motifs is 5. The van der Waals surface area contributed by atoms with Crippen LogP contribution >= 0.6 is 0 Å². The van der Waals surface area contributed by atoms with E-state index >= 15 is 0 Å². The molecule has 2 N–H and O–H groups in total. The van der Waals surface area contributed by atoms with Crippen molar-refractivity contribution in [2.75, 3.05) is 13.7 Å². The van der Waals surface area contributed by atoms with E-state index in [0.717, 1.165) is 57.1 Å². The van der Waals surface area contributed by atoms with E-state index in [2.05, 4.69) is 18.9 Å². The SMILES string of the molecule is COC[C@]12CC[C@@](C)(O)C[C@@H]1CC[C@H]1[C@@H]3CC[C@H](C(=O)Cn4cc(CO)cn4)[C@@]3(C)CC[C@@]12C. The maximum atomic E-state index is 13.5. The number of hydrogen-bond donors (Lipinski definition) is 2. The maximum Gasteiger partial charge on any atom is 0.157 e. The second-order valence-electron chi connectivity index (χ2n) is 13.0. The molecule has 190 valence electrons. The minimum absolute atomic E-state index is 0.0443. The lowest BCUT2D eigenvalue weighted by Gasteiger charge is -2.68. The van der Waals surface area contributed by atoms with Gasteiger partial charge in [-0.1, -0.05) is 13.8 Å². The molecule has 0 aliphatic heterocycles. The smallest absolute Gasteiger partial charge is 0.157 e. The maximum absolute atomic E-state index is 13.5. The Labute approximate surface area is 204 Å². The molecule has 0 aromatic carbocycles. The number of ether oxygens (including phenoxy) is 1. The Kier molecular flexibility index (Phi) is 6.05. The highest BCUT2D eigenvalue weighted by molar-refractivity contribution is 5.82. The van der Waals surface area contributed by atoms with Crippen LogP contribution in [0.3, 0.4) is 0 Å². The van der Waals surface area contributed by atoms with Crippen molar-refractivity contribution < 1.29 is 19.7 Å². The van der Waals surface area contributed by atoms with Gasteiger partial charge in [0, 0.05) is 30.2 Å². The first-order valence-corrected chi connectivity index (χ1v) is 13.4. The van der Waals surface area contributed by atoms with E-state index in [-0.39, 0.29) is 28.8 Å². The largest absolute Gasteiger partial charge is 0.392 e. The van der Waals surface area contributed by atoms with Crippen LogP contribution in [0.25, 0.3) is 0 Å². The van der Waals surface area contributed by atoms with E-state index in [1.54, 1.807) is 17.1 Å². The Morgan fingerprint density at radius 3 is 2.59 bits per heavy atom. The van der Waals surface area contributed by atoms with Crippen molar-refractivity contribution >= 4 is 5.78 Å². The molecule has 1 aromatic rings. The highest BCUT2D eigenvalue weighted by Gasteiger charge is 2.67. The highest BCUT2D eigenvalue weighted by Crippen LogP contribution is 2.73. The summed E-state index contributed by atoms with van der Waals surface area (Å²) in [5.74, 6) is 2.09. The molecule has 0 bridgehead atoms. The van der Waals surface area contributed by atoms with E-state index < -0.39 is 5.60 Å². The minimum atomic E-state index is -0.554. The molecule has 5 rings (SSSR count). The number of carbonyl (C=O) groups is 1. The Morgan fingerprint density at radius 2 is 1.88 bits per heavy atom. The predicted octanol–water partition coefficient (Wildman–Crippen LogP) is 4.37. The first-order chi connectivity index (χ1) is 16.1. The van der Waals surface area contributed by atoms with Crippen molar-refractivity contribution in [3.05, 3.63) is 18.0 Å². The Balaban J connectivity index is 1.40. The summed E-state index contributed by atoms with van der Waals surface area (Å²) in [5, 5.41) is 24.5. The number of hydrogen-bond acceptors (Lipinski definition) is 5. The van der Waals surface area contributed by atoms with Gasteiger partial charge in [-0.15, -0.1) is 0 Å². The third-order valence-electron chi connectivity index (χ3n) is 11.4. The van der Waals surface area contributed by atoms with Gasteiger partial charge in [0.25, 0.3) is 0 Å². The van der Waals surface area contributed by atoms with E-state index in [1.165, 1.54) is 12.8 Å². The van der Waals surface area contributed by atoms with Crippen molar-refractivity contribution in [2.24, 2.45) is 39.9 Å². The number of carbonyl (C=O) groups excluding carboxylic acids is 1. The average molecular weight is 473 g/mol. The van der Waals surface area contributed by atoms with Crippen LogP contribution < -0.4 is 0 Å². The molecule has 4 saturated carbocycles. The first kappa shape index (κ1) is 24.5. The van der Waals surface area contributed by atoms with Crippen LogP contribution in [0.1, 0.15) is 84.1 Å². The molecule has 0 spiro atoms. The summed E-state index contributed by atoms with van der Waals surface area (Å²) in [5.41, 5.74) is 0.578. The molecule has 4 fully saturated rings. The van der Waals surface area contributed by atoms with Crippen LogP contribution in [-0.2, 0) is 22.7 Å². The summed E-state index contributed by atoms with van der Waals surface area (Å²) in [4.78, 5) is 13.5. The number of aliphatic hydroxyl groups excluding tert-OH is 1. The van der Waals surface area contributed by atoms with Crippen molar-refractivity contribution in [3.63, 3.8) is 0 Å². The van der Waals surface area contributed by atoms with Gasteiger partial charge < -0.3 is 14.9 Å². The van der Waals surface area contributed by atoms with Crippen LogP contribution in [0.15, 0.2) is 12.4 Å². The van der Waals surface area contributed by atoms with Gasteiger partial charge in [0.15, 0.2) is 5.78 Å². The third-order valence-corrected chi connectivity index (χ3v) is 11.4. The number of aromatic nitrogens is 2. The zero-order valence-electron chi connectivity index (χ0n) is 21.6. The summed E-state index contributed by atoms with van der Waals surface area (Å²) >= 11 is 0. The lowest BCUT2D eigenvalue weighted by atomic mass is 9.37. The minimum Gasteiger partial charge on any atom is -0.392 e. The molecule has 1 heterocycles. The van der Waals surface area contributed by atoms with Gasteiger partial charge in [-0.2, -0.15) is 5.10 Å². The third kappa shape index (κ3) is 3.54. The fourth-order valence-electron chi connectivity index (χ4n) is 9.60. The predicted molar refractivity (Wildman–Crippen MR) is 130 cm³/mol. The van der Waals surface area contributed by atoms with Crippen molar-refractivity contribution in [1.82, 2.24) is 9.78 Å². The van der Waals surface area contributed by atoms with E-state index in [0.29, 0.717) is 30.1 Å². The van der Waals surface area contributed by atoms with Gasteiger partial charge in [-0.3, -0.25) is 9.48 Å². The lowest BCUT2D eigenvalue weighted by molar-refractivity contribution is -0.221. The summed E-state index contributed by atoms with van der Waals surface area (Å²) in [6.07, 6.45) is 13.0. The topological polar surface area (TPSA) is 84.6 Å². The van der Waals surface area contributed by atoms with Gasteiger partial charge in [0.2, 0.25) is 0 Å².